The molecule has 0 aliphatic rings. The maximum absolute atomic E-state index is 13.9. The van der Waals surface area contributed by atoms with E-state index < -0.39 is 23.1 Å². The average molecular weight is 584 g/mol. The van der Waals surface area contributed by atoms with Gasteiger partial charge in [-0.2, -0.15) is 13.2 Å². The van der Waals surface area contributed by atoms with Crippen molar-refractivity contribution in [2.24, 2.45) is 0 Å². The monoisotopic (exact) mass is 583 g/mol. The Kier molecular flexibility index (Phi) is 8.04. The fourth-order valence-electron chi connectivity index (χ4n) is 5.06. The van der Waals surface area contributed by atoms with Crippen molar-refractivity contribution in [3.8, 4) is 17.2 Å². The number of aromatic nitrogens is 1. The van der Waals surface area contributed by atoms with Gasteiger partial charge in [-0.3, -0.25) is 14.6 Å². The summed E-state index contributed by atoms with van der Waals surface area (Å²) >= 11 is 0. The molecule has 4 aromatic carbocycles. The molecule has 43 heavy (non-hydrogen) atoms. The zero-order valence-corrected chi connectivity index (χ0v) is 24.0. The number of nitrogens with zero attached hydrogens (tertiary/aromatic N) is 1. The summed E-state index contributed by atoms with van der Waals surface area (Å²) in [6.45, 7) is 5.20. The van der Waals surface area contributed by atoms with Crippen molar-refractivity contribution >= 4 is 33.2 Å². The molecule has 0 radical (unpaired) electrons. The first-order valence-corrected chi connectivity index (χ1v) is 13.5. The second-order valence-corrected chi connectivity index (χ2v) is 10.5. The first-order chi connectivity index (χ1) is 20.5. The number of allylic oxidation sites excluding steroid dienone is 2. The molecular weight excluding hydrogens is 555 g/mol. The van der Waals surface area contributed by atoms with E-state index in [-0.39, 0.29) is 17.8 Å². The normalized spacial score (nSPS) is 11.4. The van der Waals surface area contributed by atoms with Gasteiger partial charge in [0.15, 0.2) is 11.6 Å². The predicted molar refractivity (Wildman–Crippen MR) is 160 cm³/mol. The highest BCUT2D eigenvalue weighted by atomic mass is 19.4. The largest absolute Gasteiger partial charge is 0.496 e. The summed E-state index contributed by atoms with van der Waals surface area (Å²) in [6, 6.07) is 19.4. The summed E-state index contributed by atoms with van der Waals surface area (Å²) in [4.78, 5) is 30.4. The van der Waals surface area contributed by atoms with Crippen LogP contribution in [0.2, 0.25) is 0 Å². The van der Waals surface area contributed by atoms with E-state index in [0.717, 1.165) is 34.7 Å². The third-order valence-corrected chi connectivity index (χ3v) is 7.06. The van der Waals surface area contributed by atoms with Gasteiger partial charge in [-0.25, -0.2) is 0 Å². The molecule has 5 rings (SSSR count). The number of halogens is 3. The third-order valence-electron chi connectivity index (χ3n) is 7.06. The topological polar surface area (TPSA) is 65.5 Å². The number of fused-ring (bicyclic) bond motifs is 2. The highest BCUT2D eigenvalue weighted by molar-refractivity contribution is 6.10. The lowest BCUT2D eigenvalue weighted by Gasteiger charge is -2.15. The van der Waals surface area contributed by atoms with Crippen LogP contribution in [0.15, 0.2) is 90.6 Å². The molecule has 0 fully saturated rings. The highest BCUT2D eigenvalue weighted by Crippen LogP contribution is 2.37. The minimum absolute atomic E-state index is 0.156. The summed E-state index contributed by atoms with van der Waals surface area (Å²) in [5, 5.41) is 2.01. The van der Waals surface area contributed by atoms with E-state index in [0.29, 0.717) is 39.2 Å². The Labute approximate surface area is 246 Å². The number of alkyl halides is 3. The van der Waals surface area contributed by atoms with Crippen LogP contribution in [-0.2, 0) is 12.6 Å². The number of Topliss-reactive ketones (excluding diaryl/α,β-unsaturated/α-hetero) is 1. The molecule has 0 spiro atoms. The van der Waals surface area contributed by atoms with E-state index in [9.17, 15) is 22.8 Å². The van der Waals surface area contributed by atoms with E-state index in [1.54, 1.807) is 63.6 Å². The molecule has 0 atom stereocenters. The van der Waals surface area contributed by atoms with Gasteiger partial charge in [0.2, 0.25) is 0 Å². The van der Waals surface area contributed by atoms with Gasteiger partial charge in [0.1, 0.15) is 17.2 Å². The Bertz CT molecular complexity index is 1920. The van der Waals surface area contributed by atoms with Crippen LogP contribution in [-0.4, -0.2) is 23.7 Å². The molecule has 0 unspecified atom stereocenters. The van der Waals surface area contributed by atoms with E-state index in [1.165, 1.54) is 6.07 Å². The molecule has 0 N–H and O–H groups in total. The molecule has 0 aliphatic carbocycles. The summed E-state index contributed by atoms with van der Waals surface area (Å²) in [7, 11) is 1.59. The minimum Gasteiger partial charge on any atom is -0.496 e. The van der Waals surface area contributed by atoms with Gasteiger partial charge in [0.25, 0.3) is 0 Å². The lowest BCUT2D eigenvalue weighted by molar-refractivity contribution is -0.137. The Morgan fingerprint density at radius 1 is 0.837 bits per heavy atom. The van der Waals surface area contributed by atoms with Crippen molar-refractivity contribution in [3.05, 3.63) is 118 Å². The maximum Gasteiger partial charge on any atom is 0.417 e. The van der Waals surface area contributed by atoms with Crippen LogP contribution >= 0.6 is 0 Å². The summed E-state index contributed by atoms with van der Waals surface area (Å²) in [5.41, 5.74) is 1.24. The van der Waals surface area contributed by atoms with Gasteiger partial charge in [-0.15, -0.1) is 0 Å². The number of benzene rings is 4. The molecular formula is C35H28F3NO4. The molecule has 0 amide bonds. The number of rotatable bonds is 8. The van der Waals surface area contributed by atoms with Gasteiger partial charge in [-0.1, -0.05) is 48.0 Å². The molecule has 218 valence electrons. The Morgan fingerprint density at radius 3 is 2.28 bits per heavy atom. The van der Waals surface area contributed by atoms with Gasteiger partial charge in [0.05, 0.1) is 18.2 Å². The van der Waals surface area contributed by atoms with Crippen molar-refractivity contribution in [1.82, 2.24) is 4.98 Å². The number of pyridine rings is 1. The van der Waals surface area contributed by atoms with Crippen LogP contribution in [0.4, 0.5) is 13.2 Å². The quantitative estimate of drug-likeness (QED) is 0.135. The molecule has 0 bridgehead atoms. The predicted octanol–water partition coefficient (Wildman–Crippen LogP) is 9.09. The van der Waals surface area contributed by atoms with E-state index in [4.69, 9.17) is 9.47 Å². The van der Waals surface area contributed by atoms with E-state index in [1.807, 2.05) is 25.1 Å². The summed E-state index contributed by atoms with van der Waals surface area (Å²) in [5.74, 6) is 0.644. The molecule has 1 heterocycles. The molecule has 0 aliphatic heterocycles. The lowest BCUT2D eigenvalue weighted by atomic mass is 9.94. The Balaban J connectivity index is 1.49. The van der Waals surface area contributed by atoms with Crippen molar-refractivity contribution in [2.45, 2.75) is 33.4 Å². The number of ether oxygens (including phenoxy) is 2. The molecule has 1 aromatic heterocycles. The van der Waals surface area contributed by atoms with Gasteiger partial charge in [0, 0.05) is 34.5 Å². The number of ketones is 2. The average Bonchev–Trinajstić information content (AvgIpc) is 2.96. The number of hydrogen-bond acceptors (Lipinski definition) is 5. The highest BCUT2D eigenvalue weighted by Gasteiger charge is 2.35. The Morgan fingerprint density at radius 2 is 1.56 bits per heavy atom. The number of aryl methyl sites for hydroxylation is 1. The zero-order chi connectivity index (χ0) is 30.9. The maximum atomic E-state index is 13.9. The van der Waals surface area contributed by atoms with Crippen LogP contribution < -0.4 is 9.47 Å². The number of hydrogen-bond donors (Lipinski definition) is 0. The number of carbonyl (C=O) groups excluding carboxylic acids is 2. The molecule has 5 nitrogen and oxygen atoms in total. The van der Waals surface area contributed by atoms with Gasteiger partial charge >= 0.3 is 6.18 Å². The summed E-state index contributed by atoms with van der Waals surface area (Å²) in [6.07, 6.45) is -2.22. The van der Waals surface area contributed by atoms with Crippen molar-refractivity contribution < 1.29 is 32.2 Å². The lowest BCUT2D eigenvalue weighted by Crippen LogP contribution is -2.14. The zero-order valence-electron chi connectivity index (χ0n) is 24.0. The van der Waals surface area contributed by atoms with E-state index >= 15 is 0 Å². The fourth-order valence-corrected chi connectivity index (χ4v) is 5.06. The van der Waals surface area contributed by atoms with Crippen LogP contribution in [0.3, 0.4) is 0 Å². The smallest absolute Gasteiger partial charge is 0.417 e. The van der Waals surface area contributed by atoms with Crippen molar-refractivity contribution in [1.29, 1.82) is 0 Å². The fraction of sp³-hybridized carbons (Fsp3) is 0.171. The van der Waals surface area contributed by atoms with Crippen molar-refractivity contribution in [3.63, 3.8) is 0 Å². The van der Waals surface area contributed by atoms with Gasteiger partial charge < -0.3 is 9.47 Å². The van der Waals surface area contributed by atoms with E-state index in [2.05, 4.69) is 4.98 Å². The van der Waals surface area contributed by atoms with Crippen LogP contribution in [0, 0.1) is 6.92 Å². The first-order valence-electron chi connectivity index (χ1n) is 13.5. The number of methoxy groups -OCH3 is 1. The molecule has 5 aromatic rings. The van der Waals surface area contributed by atoms with Crippen LogP contribution in [0.5, 0.6) is 17.2 Å². The molecule has 0 saturated carbocycles. The van der Waals surface area contributed by atoms with Crippen LogP contribution in [0.25, 0.3) is 21.7 Å². The third kappa shape index (κ3) is 6.14. The minimum atomic E-state index is -4.76. The Hall–Kier alpha value is -4.98. The second-order valence-electron chi connectivity index (χ2n) is 10.5. The van der Waals surface area contributed by atoms with Gasteiger partial charge in [-0.05, 0) is 73.7 Å². The standard InChI is InChI=1S/C35H28F3NO4/c1-20(2)15-30(40)26-12-11-22(17-28(26)35(36,37)38)18-31(41)24-8-5-9-25-23(24)7-6-10-32(25)43-33-13-14-39-29-16-21(3)34(42-4)19-27(29)33/h5-17,19H,18H2,1-4H3. The SMILES string of the molecule is COc1cc2c(Oc3cccc4c(C(=O)Cc5ccc(C(=O)C=C(C)C)c(C(F)(F)F)c5)cccc34)ccnc2cc1C. The molecule has 8 heteroatoms. The first kappa shape index (κ1) is 29.5. The molecule has 0 saturated heterocycles. The van der Waals surface area contributed by atoms with Crippen molar-refractivity contribution in [2.75, 3.05) is 7.11 Å². The summed E-state index contributed by atoms with van der Waals surface area (Å²) < 4.78 is 53.5. The number of carbonyl (C=O) groups is 2. The second kappa shape index (κ2) is 11.7. The van der Waals surface area contributed by atoms with Crippen LogP contribution in [0.1, 0.15) is 51.3 Å².